The van der Waals surface area contributed by atoms with Gasteiger partial charge in [0.25, 0.3) is 0 Å². The largest absolute Gasteiger partial charge is 0.371 e. The molecule has 3 nitrogen and oxygen atoms in total. The molecule has 3 rings (SSSR count). The summed E-state index contributed by atoms with van der Waals surface area (Å²) >= 11 is 0. The minimum absolute atomic E-state index is 0.00471. The molecule has 0 aromatic rings. The maximum Gasteiger partial charge on any atom is 0.103 e. The highest BCUT2D eigenvalue weighted by atomic mass is 32.2. The highest BCUT2D eigenvalue weighted by Gasteiger charge is 2.63. The van der Waals surface area contributed by atoms with Gasteiger partial charge in [0.05, 0.1) is 23.7 Å². The molecular formula is C16H26O3S. The zero-order valence-corrected chi connectivity index (χ0v) is 14.2. The van der Waals surface area contributed by atoms with E-state index in [2.05, 4.69) is 41.5 Å². The summed E-state index contributed by atoms with van der Waals surface area (Å²) in [5, 5.41) is 0.0547. The number of rotatable bonds is 0. The van der Waals surface area contributed by atoms with Gasteiger partial charge in [-0.25, -0.2) is 0 Å². The third-order valence-electron chi connectivity index (χ3n) is 4.60. The summed E-state index contributed by atoms with van der Waals surface area (Å²) in [7, 11) is -0.898. The molecule has 0 saturated carbocycles. The van der Waals surface area contributed by atoms with E-state index in [9.17, 15) is 4.21 Å². The standard InChI is InChI=1S/C16H26O3S/c1-15(2,3)9-10(16(4,5)6)14-12-11(13(9)20(14)17)18-7-8-19-12/h11-14H,7-8H2,1-6H3/t11-,12+,13-,14+,20?. The molecule has 4 heteroatoms. The van der Waals surface area contributed by atoms with Crippen LogP contribution in [-0.4, -0.2) is 40.1 Å². The van der Waals surface area contributed by atoms with Crippen LogP contribution in [0.25, 0.3) is 0 Å². The van der Waals surface area contributed by atoms with E-state index >= 15 is 0 Å². The second-order valence-corrected chi connectivity index (χ2v) is 9.84. The monoisotopic (exact) mass is 298 g/mol. The van der Waals surface area contributed by atoms with Crippen LogP contribution in [-0.2, 0) is 20.3 Å². The van der Waals surface area contributed by atoms with Crippen LogP contribution in [0.1, 0.15) is 41.5 Å². The summed E-state index contributed by atoms with van der Waals surface area (Å²) in [6.45, 7) is 14.6. The highest BCUT2D eigenvalue weighted by Crippen LogP contribution is 2.55. The molecule has 3 heterocycles. The van der Waals surface area contributed by atoms with Crippen molar-refractivity contribution in [2.75, 3.05) is 13.2 Å². The average molecular weight is 298 g/mol. The molecular weight excluding hydrogens is 272 g/mol. The smallest absolute Gasteiger partial charge is 0.103 e. The van der Waals surface area contributed by atoms with Crippen LogP contribution in [0.3, 0.4) is 0 Å². The Morgan fingerprint density at radius 2 is 1.20 bits per heavy atom. The summed E-state index contributed by atoms with van der Waals surface area (Å²) in [6.07, 6.45) is -0.00943. The van der Waals surface area contributed by atoms with E-state index in [0.29, 0.717) is 13.2 Å². The maximum atomic E-state index is 13.0. The molecule has 2 saturated heterocycles. The number of fused-ring (bicyclic) bond motifs is 5. The molecule has 0 aromatic carbocycles. The second-order valence-electron chi connectivity index (χ2n) is 8.17. The molecule has 0 spiro atoms. The summed E-state index contributed by atoms with van der Waals surface area (Å²) in [6, 6.07) is 0. The minimum atomic E-state index is -0.898. The lowest BCUT2D eigenvalue weighted by molar-refractivity contribution is -0.133. The topological polar surface area (TPSA) is 35.5 Å². The van der Waals surface area contributed by atoms with Gasteiger partial charge in [-0.05, 0) is 22.0 Å². The fraction of sp³-hybridized carbons (Fsp3) is 0.875. The first kappa shape index (κ1) is 14.7. The van der Waals surface area contributed by atoms with Crippen LogP contribution in [0, 0.1) is 10.8 Å². The molecule has 20 heavy (non-hydrogen) atoms. The Balaban J connectivity index is 2.16. The first-order chi connectivity index (χ1) is 9.14. The first-order valence-corrected chi connectivity index (χ1v) is 8.79. The Bertz CT molecular complexity index is 439. The molecule has 1 unspecified atom stereocenters. The number of hydrogen-bond acceptors (Lipinski definition) is 3. The van der Waals surface area contributed by atoms with Gasteiger partial charge in [0, 0.05) is 10.8 Å². The average Bonchev–Trinajstić information content (AvgIpc) is 2.77. The van der Waals surface area contributed by atoms with Gasteiger partial charge in [-0.3, -0.25) is 4.21 Å². The molecule has 0 amide bonds. The molecule has 0 aliphatic carbocycles. The van der Waals surface area contributed by atoms with Crippen molar-refractivity contribution < 1.29 is 13.7 Å². The summed E-state index contributed by atoms with van der Waals surface area (Å²) in [4.78, 5) is 0. The van der Waals surface area contributed by atoms with E-state index in [0.717, 1.165) is 0 Å². The third-order valence-corrected chi connectivity index (χ3v) is 6.61. The van der Waals surface area contributed by atoms with Gasteiger partial charge < -0.3 is 9.47 Å². The lowest BCUT2D eigenvalue weighted by Crippen LogP contribution is -2.49. The molecule has 0 radical (unpaired) electrons. The SMILES string of the molecule is CC(C)(C)C1=C(C(C)(C)C)[C@H]2[C@H]3OCCO[C@H]3[C@@H]1S2=O. The summed E-state index contributed by atoms with van der Waals surface area (Å²) < 4.78 is 24.8. The Morgan fingerprint density at radius 3 is 1.50 bits per heavy atom. The van der Waals surface area contributed by atoms with Crippen molar-refractivity contribution in [3.63, 3.8) is 0 Å². The lowest BCUT2D eigenvalue weighted by Gasteiger charge is -2.42. The van der Waals surface area contributed by atoms with Crippen LogP contribution >= 0.6 is 0 Å². The minimum Gasteiger partial charge on any atom is -0.371 e. The Labute approximate surface area is 124 Å². The molecule has 0 aromatic heterocycles. The molecule has 2 fully saturated rings. The van der Waals surface area contributed by atoms with Crippen molar-refractivity contribution in [1.82, 2.24) is 0 Å². The fourth-order valence-electron chi connectivity index (χ4n) is 4.03. The zero-order valence-electron chi connectivity index (χ0n) is 13.4. The van der Waals surface area contributed by atoms with E-state index in [4.69, 9.17) is 9.47 Å². The van der Waals surface area contributed by atoms with Crippen molar-refractivity contribution in [3.05, 3.63) is 11.1 Å². The molecule has 3 aliphatic heterocycles. The predicted molar refractivity (Wildman–Crippen MR) is 81.1 cm³/mol. The summed E-state index contributed by atoms with van der Waals surface area (Å²) in [5.41, 5.74) is 2.78. The van der Waals surface area contributed by atoms with Gasteiger partial charge in [0.15, 0.2) is 0 Å². The van der Waals surface area contributed by atoms with Crippen molar-refractivity contribution in [1.29, 1.82) is 0 Å². The van der Waals surface area contributed by atoms with Crippen LogP contribution in [0.5, 0.6) is 0 Å². The second kappa shape index (κ2) is 4.40. The van der Waals surface area contributed by atoms with Crippen LogP contribution in [0.15, 0.2) is 11.1 Å². The fourth-order valence-corrected chi connectivity index (χ4v) is 6.77. The van der Waals surface area contributed by atoms with Gasteiger partial charge >= 0.3 is 0 Å². The zero-order chi connectivity index (χ0) is 14.9. The summed E-state index contributed by atoms with van der Waals surface area (Å²) in [5.74, 6) is 0. The lowest BCUT2D eigenvalue weighted by atomic mass is 9.68. The maximum absolute atomic E-state index is 13.0. The highest BCUT2D eigenvalue weighted by molar-refractivity contribution is 7.87. The van der Waals surface area contributed by atoms with Crippen molar-refractivity contribution in [3.8, 4) is 0 Å². The van der Waals surface area contributed by atoms with Crippen molar-refractivity contribution in [2.45, 2.75) is 64.3 Å². The number of ether oxygens (including phenoxy) is 2. The molecule has 3 aliphatic rings. The molecule has 114 valence electrons. The van der Waals surface area contributed by atoms with Gasteiger partial charge in [0.2, 0.25) is 0 Å². The van der Waals surface area contributed by atoms with E-state index < -0.39 is 10.8 Å². The van der Waals surface area contributed by atoms with Crippen LogP contribution in [0.2, 0.25) is 0 Å². The quantitative estimate of drug-likeness (QED) is 0.645. The molecule has 5 atom stereocenters. The van der Waals surface area contributed by atoms with E-state index in [-0.39, 0.29) is 33.5 Å². The van der Waals surface area contributed by atoms with Crippen LogP contribution in [0.4, 0.5) is 0 Å². The van der Waals surface area contributed by atoms with E-state index in [1.807, 2.05) is 0 Å². The third kappa shape index (κ3) is 1.95. The normalized spacial score (nSPS) is 41.2. The number of hydrogen-bond donors (Lipinski definition) is 0. The van der Waals surface area contributed by atoms with Gasteiger partial charge in [-0.1, -0.05) is 41.5 Å². The Hall–Kier alpha value is -0.190. The van der Waals surface area contributed by atoms with Gasteiger partial charge in [-0.15, -0.1) is 0 Å². The Morgan fingerprint density at radius 1 is 0.850 bits per heavy atom. The van der Waals surface area contributed by atoms with Gasteiger partial charge in [0.1, 0.15) is 12.2 Å². The van der Waals surface area contributed by atoms with Crippen molar-refractivity contribution >= 4 is 10.8 Å². The molecule has 0 N–H and O–H groups in total. The van der Waals surface area contributed by atoms with E-state index in [1.54, 1.807) is 0 Å². The predicted octanol–water partition coefficient (Wildman–Crippen LogP) is 2.67. The van der Waals surface area contributed by atoms with Crippen LogP contribution < -0.4 is 0 Å². The first-order valence-electron chi connectivity index (χ1n) is 7.51. The Kier molecular flexibility index (Phi) is 3.24. The van der Waals surface area contributed by atoms with E-state index in [1.165, 1.54) is 11.1 Å². The van der Waals surface area contributed by atoms with Crippen molar-refractivity contribution in [2.24, 2.45) is 10.8 Å². The molecule has 2 bridgehead atoms. The van der Waals surface area contributed by atoms with Gasteiger partial charge in [-0.2, -0.15) is 0 Å².